The number of fused-ring (bicyclic) bond motifs is 1. The van der Waals surface area contributed by atoms with E-state index in [1.54, 1.807) is 0 Å². The summed E-state index contributed by atoms with van der Waals surface area (Å²) in [6, 6.07) is 6.11. The van der Waals surface area contributed by atoms with Gasteiger partial charge < -0.3 is 10.2 Å². The number of pyridine rings is 1. The Kier molecular flexibility index (Phi) is 4.64. The van der Waals surface area contributed by atoms with E-state index < -0.39 is 0 Å². The maximum absolute atomic E-state index is 13.4. The van der Waals surface area contributed by atoms with E-state index in [2.05, 4.69) is 35.0 Å². The molecule has 1 aromatic rings. The third-order valence-corrected chi connectivity index (χ3v) is 6.53. The Morgan fingerprint density at radius 3 is 2.43 bits per heavy atom. The van der Waals surface area contributed by atoms with Crippen LogP contribution in [-0.2, 0) is 4.79 Å². The lowest BCUT2D eigenvalue weighted by atomic mass is 10.0. The molecule has 2 saturated carbocycles. The van der Waals surface area contributed by atoms with Crippen molar-refractivity contribution in [1.82, 2.24) is 15.2 Å². The van der Waals surface area contributed by atoms with Crippen LogP contribution in [0, 0.1) is 11.8 Å². The zero-order chi connectivity index (χ0) is 20.1. The first-order valence-corrected chi connectivity index (χ1v) is 10.2. The molecule has 28 heavy (non-hydrogen) atoms. The van der Waals surface area contributed by atoms with E-state index in [0.717, 1.165) is 48.5 Å². The fraction of sp³-hybridized carbons (Fsp3) is 0.522. The fourth-order valence-electron chi connectivity index (χ4n) is 4.58. The maximum atomic E-state index is 13.4. The summed E-state index contributed by atoms with van der Waals surface area (Å²) in [6.07, 6.45) is 4.11. The molecule has 0 bridgehead atoms. The van der Waals surface area contributed by atoms with Gasteiger partial charge in [0.15, 0.2) is 0 Å². The topological polar surface area (TPSA) is 57.6 Å². The smallest absolute Gasteiger partial charge is 0.254 e. The van der Waals surface area contributed by atoms with E-state index in [-0.39, 0.29) is 11.4 Å². The number of nitrogens with zero attached hydrogens (tertiary/aromatic N) is 3. The summed E-state index contributed by atoms with van der Waals surface area (Å²) in [5.74, 6) is 2.46. The van der Waals surface area contributed by atoms with Crippen molar-refractivity contribution in [3.63, 3.8) is 0 Å². The van der Waals surface area contributed by atoms with Gasteiger partial charge in [0.25, 0.3) is 5.91 Å². The molecule has 3 fully saturated rings. The highest BCUT2D eigenvalue weighted by Gasteiger charge is 2.58. The second-order valence-electron chi connectivity index (χ2n) is 9.01. The molecule has 2 heterocycles. The minimum absolute atomic E-state index is 0.0960. The number of nitrogens with one attached hydrogen (secondary N) is 1. The quantitative estimate of drug-likeness (QED) is 0.467. The van der Waals surface area contributed by atoms with Crippen LogP contribution in [0.3, 0.4) is 0 Å². The van der Waals surface area contributed by atoms with Gasteiger partial charge in [-0.15, -0.1) is 0 Å². The van der Waals surface area contributed by atoms with Gasteiger partial charge in [0.2, 0.25) is 0 Å². The molecule has 1 saturated heterocycles. The zero-order valence-electron chi connectivity index (χ0n) is 17.3. The van der Waals surface area contributed by atoms with Crippen molar-refractivity contribution in [2.45, 2.75) is 52.0 Å². The molecular formula is C23H30N4O. The van der Waals surface area contributed by atoms with Crippen LogP contribution >= 0.6 is 0 Å². The van der Waals surface area contributed by atoms with E-state index in [1.807, 2.05) is 44.0 Å². The van der Waals surface area contributed by atoms with Crippen molar-refractivity contribution in [3.05, 3.63) is 52.6 Å². The number of hydrogen-bond donors (Lipinski definition) is 1. The van der Waals surface area contributed by atoms with Crippen molar-refractivity contribution < 1.29 is 4.79 Å². The molecule has 4 rings (SSSR count). The van der Waals surface area contributed by atoms with Crippen LogP contribution in [0.15, 0.2) is 51.9 Å². The van der Waals surface area contributed by atoms with Gasteiger partial charge in [-0.3, -0.25) is 9.78 Å². The minimum atomic E-state index is 0.0960. The molecule has 1 aromatic heterocycles. The summed E-state index contributed by atoms with van der Waals surface area (Å²) in [5.41, 5.74) is 3.96. The molecule has 148 valence electrons. The van der Waals surface area contributed by atoms with Gasteiger partial charge >= 0.3 is 0 Å². The maximum Gasteiger partial charge on any atom is 0.254 e. The Labute approximate surface area is 167 Å². The summed E-state index contributed by atoms with van der Waals surface area (Å²) in [6.45, 7) is 13.5. The summed E-state index contributed by atoms with van der Waals surface area (Å²) in [7, 11) is 0. The van der Waals surface area contributed by atoms with Crippen LogP contribution in [0.4, 0.5) is 0 Å². The molecule has 3 aliphatic rings. The molecule has 1 amide bonds. The van der Waals surface area contributed by atoms with Crippen molar-refractivity contribution >= 4 is 12.6 Å². The van der Waals surface area contributed by atoms with Crippen molar-refractivity contribution in [3.8, 4) is 0 Å². The molecule has 5 nitrogen and oxygen atoms in total. The van der Waals surface area contributed by atoms with Gasteiger partial charge in [-0.25, -0.2) is 4.99 Å². The summed E-state index contributed by atoms with van der Waals surface area (Å²) in [5, 5.41) is 3.48. The number of amides is 1. The lowest BCUT2D eigenvalue weighted by Gasteiger charge is -2.24. The Balaban J connectivity index is 1.49. The first kappa shape index (κ1) is 18.9. The monoisotopic (exact) mass is 378 g/mol. The van der Waals surface area contributed by atoms with Crippen LogP contribution in [0.2, 0.25) is 0 Å². The Morgan fingerprint density at radius 1 is 1.25 bits per heavy atom. The predicted molar refractivity (Wildman–Crippen MR) is 112 cm³/mol. The number of hydrogen-bond acceptors (Lipinski definition) is 4. The van der Waals surface area contributed by atoms with Gasteiger partial charge in [-0.1, -0.05) is 11.6 Å². The third kappa shape index (κ3) is 3.38. The molecule has 5 heteroatoms. The van der Waals surface area contributed by atoms with Crippen LogP contribution in [0.5, 0.6) is 0 Å². The first-order valence-electron chi connectivity index (χ1n) is 10.2. The summed E-state index contributed by atoms with van der Waals surface area (Å²) in [4.78, 5) is 24.1. The SMILES string of the molecule is C=N/C(NC1(C)CC1)=C(\C)C(C(=O)N1C[C@@H]2C(c3ccccn3)[C@@H]2C1)=C(C)C. The van der Waals surface area contributed by atoms with Gasteiger partial charge in [0.05, 0.1) is 0 Å². The van der Waals surface area contributed by atoms with Gasteiger partial charge in [-0.05, 0) is 71.2 Å². The largest absolute Gasteiger partial charge is 0.365 e. The number of rotatable bonds is 6. The molecule has 1 aliphatic heterocycles. The minimum Gasteiger partial charge on any atom is -0.365 e. The molecular weight excluding hydrogens is 348 g/mol. The van der Waals surface area contributed by atoms with Crippen molar-refractivity contribution in [2.24, 2.45) is 16.8 Å². The summed E-state index contributed by atoms with van der Waals surface area (Å²) >= 11 is 0. The van der Waals surface area contributed by atoms with Crippen LogP contribution in [0.25, 0.3) is 0 Å². The van der Waals surface area contributed by atoms with Gasteiger partial charge in [-0.2, -0.15) is 0 Å². The van der Waals surface area contributed by atoms with E-state index >= 15 is 0 Å². The summed E-state index contributed by atoms with van der Waals surface area (Å²) < 4.78 is 0. The number of carbonyl (C=O) groups is 1. The normalized spacial score (nSPS) is 27.4. The molecule has 0 aromatic carbocycles. The Bertz CT molecular complexity index is 850. The van der Waals surface area contributed by atoms with Crippen molar-refractivity contribution in [1.29, 1.82) is 0 Å². The molecule has 1 unspecified atom stereocenters. The highest BCUT2D eigenvalue weighted by molar-refractivity contribution is 5.98. The number of carbonyl (C=O) groups excluding carboxylic acids is 1. The second kappa shape index (κ2) is 6.87. The average Bonchev–Trinajstić information content (AvgIpc) is 3.53. The average molecular weight is 379 g/mol. The van der Waals surface area contributed by atoms with E-state index in [4.69, 9.17) is 0 Å². The fourth-order valence-corrected chi connectivity index (χ4v) is 4.58. The molecule has 3 atom stereocenters. The van der Waals surface area contributed by atoms with Gasteiger partial charge in [0, 0.05) is 47.6 Å². The Hall–Kier alpha value is -2.43. The zero-order valence-corrected chi connectivity index (χ0v) is 17.3. The number of piperidine rings is 1. The molecule has 2 aliphatic carbocycles. The van der Waals surface area contributed by atoms with Gasteiger partial charge in [0.1, 0.15) is 5.82 Å². The third-order valence-electron chi connectivity index (χ3n) is 6.53. The standard InChI is InChI=1S/C23H30N4O/c1-14(2)19(15(3)21(24-5)26-23(4)9-10-23)22(28)27-12-16-17(13-27)20(16)18-8-6-7-11-25-18/h6-8,11,16-17,20,26H,5,9-10,12-13H2,1-4H3/b21-15-/t16-,17+,20?. The first-order chi connectivity index (χ1) is 13.3. The number of aromatic nitrogens is 1. The highest BCUT2D eigenvalue weighted by Crippen LogP contribution is 2.57. The van der Waals surface area contributed by atoms with Crippen molar-refractivity contribution in [2.75, 3.05) is 13.1 Å². The lowest BCUT2D eigenvalue weighted by molar-refractivity contribution is -0.126. The van der Waals surface area contributed by atoms with Crippen LogP contribution < -0.4 is 5.32 Å². The molecule has 0 spiro atoms. The van der Waals surface area contributed by atoms with E-state index in [9.17, 15) is 4.79 Å². The Morgan fingerprint density at radius 2 is 1.93 bits per heavy atom. The number of allylic oxidation sites excluding steroid dienone is 1. The van der Waals surface area contributed by atoms with E-state index in [1.165, 1.54) is 5.69 Å². The molecule has 1 N–H and O–H groups in total. The highest BCUT2D eigenvalue weighted by atomic mass is 16.2. The van der Waals surface area contributed by atoms with E-state index in [0.29, 0.717) is 17.8 Å². The molecule has 0 radical (unpaired) electrons. The number of likely N-dealkylation sites (tertiary alicyclic amines) is 1. The lowest BCUT2D eigenvalue weighted by Crippen LogP contribution is -2.34. The van der Waals surface area contributed by atoms with Crippen LogP contribution in [-0.4, -0.2) is 41.1 Å². The van der Waals surface area contributed by atoms with Crippen LogP contribution in [0.1, 0.15) is 52.1 Å². The second-order valence-corrected chi connectivity index (χ2v) is 9.01. The predicted octanol–water partition coefficient (Wildman–Crippen LogP) is 3.66. The number of aliphatic imine (C=N–C) groups is 1.